The van der Waals surface area contributed by atoms with Gasteiger partial charge in [0.05, 0.1) is 7.11 Å². The summed E-state index contributed by atoms with van der Waals surface area (Å²) in [6.07, 6.45) is 1.99. The van der Waals surface area contributed by atoms with Crippen molar-refractivity contribution in [3.63, 3.8) is 0 Å². The van der Waals surface area contributed by atoms with Crippen LogP contribution in [0.25, 0.3) is 0 Å². The quantitative estimate of drug-likeness (QED) is 0.0659. The van der Waals surface area contributed by atoms with Crippen LogP contribution in [-0.4, -0.2) is 55.0 Å². The zero-order valence-electron chi connectivity index (χ0n) is 17.2. The van der Waals surface area contributed by atoms with Crippen LogP contribution in [0.1, 0.15) is 52.4 Å². The van der Waals surface area contributed by atoms with E-state index in [0.29, 0.717) is 25.3 Å². The number of rotatable bonds is 14. The number of methoxy groups -OCH3 is 1. The van der Waals surface area contributed by atoms with Crippen LogP contribution < -0.4 is 21.4 Å². The van der Waals surface area contributed by atoms with Gasteiger partial charge < -0.3 is 20.7 Å². The van der Waals surface area contributed by atoms with E-state index in [9.17, 15) is 24.5 Å². The monoisotopic (exact) mass is 416 g/mol. The first-order chi connectivity index (χ1) is 13.6. The van der Waals surface area contributed by atoms with E-state index in [1.54, 1.807) is 5.43 Å². The first kappa shape index (κ1) is 26.1. The molecule has 12 nitrogen and oxygen atoms in total. The molecule has 2 amide bonds. The predicted molar refractivity (Wildman–Crippen MR) is 105 cm³/mol. The Kier molecular flexibility index (Phi) is 13.5. The second-order valence-corrected chi connectivity index (χ2v) is 6.84. The highest BCUT2D eigenvalue weighted by Gasteiger charge is 2.20. The van der Waals surface area contributed by atoms with Gasteiger partial charge >= 0.3 is 5.97 Å². The molecule has 0 aliphatic heterocycles. The number of carbonyl (C=O) groups excluding carboxylic acids is 3. The number of hydrogen-bond acceptors (Lipinski definition) is 7. The van der Waals surface area contributed by atoms with Crippen LogP contribution in [-0.2, 0) is 19.1 Å². The lowest BCUT2D eigenvalue weighted by Crippen LogP contribution is -2.47. The molecule has 0 unspecified atom stereocenters. The molecule has 29 heavy (non-hydrogen) atoms. The molecule has 0 aliphatic carbocycles. The van der Waals surface area contributed by atoms with Crippen LogP contribution in [0.5, 0.6) is 0 Å². The standard InChI is InChI=1S/C17H32N6O6/c1-12(2)9-11-19-16(26)13(6-5-10-20-17(18)22-23(27)28)21-14(24)7-4-8-15(25)29-3/h12-13H,4-11H2,1-3H3,(H,19,26)(H,21,24)(H3,18,20,22)/t13-/m0/s1. The number of nitro groups is 1. The molecule has 0 rings (SSSR count). The first-order valence-corrected chi connectivity index (χ1v) is 9.53. The Labute approximate surface area is 170 Å². The molecule has 0 aliphatic rings. The smallest absolute Gasteiger partial charge is 0.305 e. The van der Waals surface area contributed by atoms with Crippen molar-refractivity contribution in [2.75, 3.05) is 20.2 Å². The van der Waals surface area contributed by atoms with E-state index in [-0.39, 0.29) is 37.6 Å². The van der Waals surface area contributed by atoms with Gasteiger partial charge in [-0.2, -0.15) is 0 Å². The normalized spacial score (nSPS) is 11.3. The third-order valence-corrected chi connectivity index (χ3v) is 3.86. The van der Waals surface area contributed by atoms with Crippen LogP contribution in [0.3, 0.4) is 0 Å². The summed E-state index contributed by atoms with van der Waals surface area (Å²) in [5.74, 6) is -1.11. The van der Waals surface area contributed by atoms with Gasteiger partial charge in [0, 0.05) is 25.9 Å². The number of nitrogens with zero attached hydrogens (tertiary/aromatic N) is 1. The van der Waals surface area contributed by atoms with Crippen molar-refractivity contribution < 1.29 is 24.2 Å². The van der Waals surface area contributed by atoms with Crippen molar-refractivity contribution in [3.05, 3.63) is 10.1 Å². The Bertz CT molecular complexity index is 569. The molecule has 0 aromatic rings. The molecule has 166 valence electrons. The maximum atomic E-state index is 12.4. The number of amides is 2. The zero-order valence-corrected chi connectivity index (χ0v) is 17.2. The SMILES string of the molecule is COC(=O)CCCC(=O)N[C@@H](CCCNC(=N)N[N+](=O)[O-])C(=O)NCCC(C)C. The molecule has 1 atom stereocenters. The van der Waals surface area contributed by atoms with Crippen molar-refractivity contribution in [1.82, 2.24) is 21.4 Å². The summed E-state index contributed by atoms with van der Waals surface area (Å²) in [5, 5.41) is 24.7. The van der Waals surface area contributed by atoms with Crippen molar-refractivity contribution in [3.8, 4) is 0 Å². The number of ether oxygens (including phenoxy) is 1. The van der Waals surface area contributed by atoms with Gasteiger partial charge in [-0.15, -0.1) is 0 Å². The van der Waals surface area contributed by atoms with Crippen LogP contribution in [0, 0.1) is 21.4 Å². The number of esters is 1. The van der Waals surface area contributed by atoms with Gasteiger partial charge in [-0.25, -0.2) is 10.1 Å². The predicted octanol–water partition coefficient (Wildman–Crippen LogP) is 0.0627. The summed E-state index contributed by atoms with van der Waals surface area (Å²) >= 11 is 0. The van der Waals surface area contributed by atoms with Crippen LogP contribution >= 0.6 is 0 Å². The highest BCUT2D eigenvalue weighted by molar-refractivity contribution is 5.87. The van der Waals surface area contributed by atoms with E-state index in [4.69, 9.17) is 5.41 Å². The molecule has 0 bridgehead atoms. The molecular weight excluding hydrogens is 384 g/mol. The van der Waals surface area contributed by atoms with Crippen molar-refractivity contribution in [2.24, 2.45) is 5.92 Å². The third kappa shape index (κ3) is 14.8. The van der Waals surface area contributed by atoms with Crippen molar-refractivity contribution in [1.29, 1.82) is 5.41 Å². The summed E-state index contributed by atoms with van der Waals surface area (Å²) in [6.45, 7) is 4.77. The number of guanidine groups is 1. The Balaban J connectivity index is 4.53. The molecule has 0 saturated heterocycles. The number of hydrogen-bond donors (Lipinski definition) is 5. The Hall–Kier alpha value is -2.92. The van der Waals surface area contributed by atoms with Crippen LogP contribution in [0.2, 0.25) is 0 Å². The van der Waals surface area contributed by atoms with Crippen molar-refractivity contribution >= 4 is 23.7 Å². The second-order valence-electron chi connectivity index (χ2n) is 6.84. The van der Waals surface area contributed by atoms with Gasteiger partial charge in [0.1, 0.15) is 6.04 Å². The molecule has 0 fully saturated rings. The summed E-state index contributed by atoms with van der Waals surface area (Å²) in [6, 6.07) is -0.771. The number of hydrazine groups is 1. The summed E-state index contributed by atoms with van der Waals surface area (Å²) < 4.78 is 4.52. The molecule has 12 heteroatoms. The van der Waals surface area contributed by atoms with E-state index >= 15 is 0 Å². The molecule has 0 aromatic carbocycles. The van der Waals surface area contributed by atoms with Crippen molar-refractivity contribution in [2.45, 2.75) is 58.4 Å². The fraction of sp³-hybridized carbons (Fsp3) is 0.765. The highest BCUT2D eigenvalue weighted by Crippen LogP contribution is 2.03. The number of nitrogens with one attached hydrogen (secondary N) is 5. The Morgan fingerprint density at radius 3 is 2.34 bits per heavy atom. The lowest BCUT2D eigenvalue weighted by atomic mass is 10.1. The Morgan fingerprint density at radius 2 is 1.76 bits per heavy atom. The first-order valence-electron chi connectivity index (χ1n) is 9.53. The molecule has 0 saturated carbocycles. The minimum absolute atomic E-state index is 0.0839. The number of carbonyl (C=O) groups is 3. The lowest BCUT2D eigenvalue weighted by Gasteiger charge is -2.19. The van der Waals surface area contributed by atoms with Gasteiger partial charge in [0.15, 0.2) is 5.03 Å². The van der Waals surface area contributed by atoms with Crippen LogP contribution in [0.15, 0.2) is 0 Å². The molecule has 0 aromatic heterocycles. The van der Waals surface area contributed by atoms with Gasteiger partial charge in [-0.1, -0.05) is 19.3 Å². The third-order valence-electron chi connectivity index (χ3n) is 3.86. The Morgan fingerprint density at radius 1 is 1.07 bits per heavy atom. The minimum atomic E-state index is -0.852. The molecule has 0 radical (unpaired) electrons. The van der Waals surface area contributed by atoms with Gasteiger partial charge in [0.2, 0.25) is 11.8 Å². The van der Waals surface area contributed by atoms with Crippen LogP contribution in [0.4, 0.5) is 0 Å². The van der Waals surface area contributed by atoms with E-state index in [0.717, 1.165) is 6.42 Å². The zero-order chi connectivity index (χ0) is 22.2. The largest absolute Gasteiger partial charge is 0.469 e. The topological polar surface area (TPSA) is 176 Å². The highest BCUT2D eigenvalue weighted by atomic mass is 16.7. The average molecular weight is 416 g/mol. The summed E-state index contributed by atoms with van der Waals surface area (Å²) in [5.41, 5.74) is 1.67. The molecule has 0 heterocycles. The van der Waals surface area contributed by atoms with Gasteiger partial charge in [-0.05, 0) is 31.6 Å². The summed E-state index contributed by atoms with van der Waals surface area (Å²) in [7, 11) is 1.27. The minimum Gasteiger partial charge on any atom is -0.469 e. The molecule has 5 N–H and O–H groups in total. The summed E-state index contributed by atoms with van der Waals surface area (Å²) in [4.78, 5) is 45.8. The van der Waals surface area contributed by atoms with E-state index in [2.05, 4.69) is 20.7 Å². The van der Waals surface area contributed by atoms with E-state index in [1.807, 2.05) is 13.8 Å². The van der Waals surface area contributed by atoms with E-state index < -0.39 is 23.0 Å². The fourth-order valence-corrected chi connectivity index (χ4v) is 2.29. The maximum absolute atomic E-state index is 12.4. The maximum Gasteiger partial charge on any atom is 0.305 e. The van der Waals surface area contributed by atoms with Gasteiger partial charge in [0.25, 0.3) is 5.96 Å². The second kappa shape index (κ2) is 15.1. The lowest BCUT2D eigenvalue weighted by molar-refractivity contribution is -0.525. The van der Waals surface area contributed by atoms with E-state index in [1.165, 1.54) is 7.11 Å². The van der Waals surface area contributed by atoms with Gasteiger partial charge in [-0.3, -0.25) is 19.8 Å². The fourth-order valence-electron chi connectivity index (χ4n) is 2.29. The molecule has 0 spiro atoms. The average Bonchev–Trinajstić information content (AvgIpc) is 2.62. The molecular formula is C17H32N6O6.